The van der Waals surface area contributed by atoms with Crippen LogP contribution in [0.2, 0.25) is 0 Å². The summed E-state index contributed by atoms with van der Waals surface area (Å²) >= 11 is 5.35. The number of hydrogen-bond acceptors (Lipinski definition) is 3. The third-order valence-electron chi connectivity index (χ3n) is 2.69. The topological polar surface area (TPSA) is 21.3 Å². The Balaban J connectivity index is 2.11. The summed E-state index contributed by atoms with van der Waals surface area (Å²) in [5.74, 6) is 0.884. The van der Waals surface area contributed by atoms with Gasteiger partial charge in [0.15, 0.2) is 0 Å². The highest BCUT2D eigenvalue weighted by Gasteiger charge is 2.03. The normalized spacial score (nSPS) is 10.5. The summed E-state index contributed by atoms with van der Waals surface area (Å²) in [6.07, 6.45) is 0. The van der Waals surface area contributed by atoms with Crippen molar-refractivity contribution in [2.24, 2.45) is 0 Å². The van der Waals surface area contributed by atoms with Crippen molar-refractivity contribution in [1.29, 1.82) is 0 Å². The van der Waals surface area contributed by atoms with Crippen molar-refractivity contribution in [2.45, 2.75) is 16.3 Å². The van der Waals surface area contributed by atoms with E-state index in [4.69, 9.17) is 4.74 Å². The second-order valence-corrected chi connectivity index (χ2v) is 6.06. The molecule has 2 aromatic carbocycles. The zero-order valence-electron chi connectivity index (χ0n) is 10.9. The Hall–Kier alpha value is -0.970. The maximum absolute atomic E-state index is 5.16. The molecule has 0 aromatic heterocycles. The van der Waals surface area contributed by atoms with Crippen molar-refractivity contribution in [3.8, 4) is 5.75 Å². The number of methoxy groups -OCH3 is 1. The Bertz CT molecular complexity index is 542. The largest absolute Gasteiger partial charge is 0.497 e. The standard InChI is InChI=1S/C15H16BrNOS/c1-17-10-11-3-6-14(9-15(11)16)19-13-7-4-12(18-2)5-8-13/h3-9,17H,10H2,1-2H3. The van der Waals surface area contributed by atoms with Gasteiger partial charge in [0.05, 0.1) is 7.11 Å². The molecule has 0 radical (unpaired) electrons. The molecule has 0 aliphatic heterocycles. The molecule has 0 unspecified atom stereocenters. The van der Waals surface area contributed by atoms with Gasteiger partial charge in [-0.05, 0) is 49.0 Å². The Morgan fingerprint density at radius 1 is 1.11 bits per heavy atom. The molecule has 19 heavy (non-hydrogen) atoms. The number of halogens is 1. The minimum absolute atomic E-state index is 0.869. The molecule has 0 spiro atoms. The molecular weight excluding hydrogens is 322 g/mol. The van der Waals surface area contributed by atoms with Crippen molar-refractivity contribution in [2.75, 3.05) is 14.2 Å². The minimum atomic E-state index is 0.869. The molecule has 0 saturated heterocycles. The average molecular weight is 338 g/mol. The lowest BCUT2D eigenvalue weighted by Gasteiger charge is -2.07. The molecule has 0 aliphatic carbocycles. The maximum Gasteiger partial charge on any atom is 0.118 e. The second kappa shape index (κ2) is 6.98. The van der Waals surface area contributed by atoms with E-state index in [-0.39, 0.29) is 0 Å². The lowest BCUT2D eigenvalue weighted by atomic mass is 10.2. The van der Waals surface area contributed by atoms with Crippen molar-refractivity contribution in [1.82, 2.24) is 5.32 Å². The van der Waals surface area contributed by atoms with E-state index in [0.717, 1.165) is 16.8 Å². The molecule has 0 amide bonds. The molecule has 2 rings (SSSR count). The van der Waals surface area contributed by atoms with Gasteiger partial charge in [-0.15, -0.1) is 0 Å². The highest BCUT2D eigenvalue weighted by Crippen LogP contribution is 2.31. The lowest BCUT2D eigenvalue weighted by molar-refractivity contribution is 0.414. The fourth-order valence-electron chi connectivity index (χ4n) is 1.71. The second-order valence-electron chi connectivity index (χ2n) is 4.06. The van der Waals surface area contributed by atoms with E-state index in [0.29, 0.717) is 0 Å². The van der Waals surface area contributed by atoms with Gasteiger partial charge in [-0.3, -0.25) is 0 Å². The lowest BCUT2D eigenvalue weighted by Crippen LogP contribution is -2.05. The van der Waals surface area contributed by atoms with Crippen LogP contribution in [0, 0.1) is 0 Å². The number of ether oxygens (including phenoxy) is 1. The molecule has 0 heterocycles. The van der Waals surface area contributed by atoms with Gasteiger partial charge in [0, 0.05) is 20.8 Å². The van der Waals surface area contributed by atoms with Gasteiger partial charge >= 0.3 is 0 Å². The summed E-state index contributed by atoms with van der Waals surface area (Å²) in [6, 6.07) is 14.5. The predicted molar refractivity (Wildman–Crippen MR) is 84.0 cm³/mol. The summed E-state index contributed by atoms with van der Waals surface area (Å²) in [6.45, 7) is 0.869. The van der Waals surface area contributed by atoms with E-state index in [1.807, 2.05) is 19.2 Å². The molecule has 0 fully saturated rings. The predicted octanol–water partition coefficient (Wildman–Crippen LogP) is 4.33. The van der Waals surface area contributed by atoms with Gasteiger partial charge in [-0.2, -0.15) is 0 Å². The Morgan fingerprint density at radius 3 is 2.37 bits per heavy atom. The van der Waals surface area contributed by atoms with Crippen molar-refractivity contribution >= 4 is 27.7 Å². The number of nitrogens with one attached hydrogen (secondary N) is 1. The molecule has 0 saturated carbocycles. The first-order chi connectivity index (χ1) is 9.22. The number of benzene rings is 2. The first-order valence-corrected chi connectivity index (χ1v) is 7.59. The monoisotopic (exact) mass is 337 g/mol. The highest BCUT2D eigenvalue weighted by molar-refractivity contribution is 9.10. The molecule has 1 N–H and O–H groups in total. The van der Waals surface area contributed by atoms with Crippen molar-refractivity contribution in [3.05, 3.63) is 52.5 Å². The fraction of sp³-hybridized carbons (Fsp3) is 0.200. The van der Waals surface area contributed by atoms with E-state index in [1.165, 1.54) is 15.4 Å². The molecular formula is C15H16BrNOS. The zero-order chi connectivity index (χ0) is 13.7. The third kappa shape index (κ3) is 4.00. The van der Waals surface area contributed by atoms with E-state index in [9.17, 15) is 0 Å². The van der Waals surface area contributed by atoms with Crippen LogP contribution in [0.5, 0.6) is 5.75 Å². The molecule has 2 aromatic rings. The smallest absolute Gasteiger partial charge is 0.118 e. The van der Waals surface area contributed by atoms with Crippen LogP contribution >= 0.6 is 27.7 Å². The van der Waals surface area contributed by atoms with Crippen LogP contribution in [0.1, 0.15) is 5.56 Å². The van der Waals surface area contributed by atoms with Gasteiger partial charge in [0.25, 0.3) is 0 Å². The van der Waals surface area contributed by atoms with Crippen molar-refractivity contribution in [3.63, 3.8) is 0 Å². The van der Waals surface area contributed by atoms with Crippen LogP contribution in [-0.4, -0.2) is 14.2 Å². The summed E-state index contributed by atoms with van der Waals surface area (Å²) in [5, 5.41) is 3.16. The Labute approximate surface area is 126 Å². The highest BCUT2D eigenvalue weighted by atomic mass is 79.9. The minimum Gasteiger partial charge on any atom is -0.497 e. The van der Waals surface area contributed by atoms with Gasteiger partial charge in [0.1, 0.15) is 5.75 Å². The number of rotatable bonds is 5. The van der Waals surface area contributed by atoms with Crippen LogP contribution in [0.25, 0.3) is 0 Å². The maximum atomic E-state index is 5.16. The van der Waals surface area contributed by atoms with Crippen molar-refractivity contribution < 1.29 is 4.74 Å². The van der Waals surface area contributed by atoms with Gasteiger partial charge < -0.3 is 10.1 Å². The van der Waals surface area contributed by atoms with Crippen LogP contribution < -0.4 is 10.1 Å². The summed E-state index contributed by atoms with van der Waals surface area (Å²) < 4.78 is 6.30. The summed E-state index contributed by atoms with van der Waals surface area (Å²) in [5.41, 5.74) is 1.27. The Kier molecular flexibility index (Phi) is 5.31. The molecule has 2 nitrogen and oxygen atoms in total. The van der Waals surface area contributed by atoms with Crippen LogP contribution in [0.4, 0.5) is 0 Å². The van der Waals surface area contributed by atoms with E-state index in [2.05, 4.69) is 51.6 Å². The van der Waals surface area contributed by atoms with E-state index >= 15 is 0 Å². The third-order valence-corrected chi connectivity index (χ3v) is 4.42. The van der Waals surface area contributed by atoms with Gasteiger partial charge in [0.2, 0.25) is 0 Å². The van der Waals surface area contributed by atoms with Gasteiger partial charge in [-0.25, -0.2) is 0 Å². The first kappa shape index (κ1) is 14.4. The van der Waals surface area contributed by atoms with E-state index < -0.39 is 0 Å². The SMILES string of the molecule is CNCc1ccc(Sc2ccc(OC)cc2)cc1Br. The molecule has 0 bridgehead atoms. The summed E-state index contributed by atoms with van der Waals surface area (Å²) in [4.78, 5) is 2.42. The fourth-order valence-corrected chi connectivity index (χ4v) is 3.23. The quantitative estimate of drug-likeness (QED) is 0.877. The number of hydrogen-bond donors (Lipinski definition) is 1. The van der Waals surface area contributed by atoms with Crippen LogP contribution in [0.15, 0.2) is 56.7 Å². The van der Waals surface area contributed by atoms with Gasteiger partial charge in [-0.1, -0.05) is 33.8 Å². The molecule has 0 aliphatic rings. The molecule has 0 atom stereocenters. The van der Waals surface area contributed by atoms with Crippen LogP contribution in [-0.2, 0) is 6.54 Å². The van der Waals surface area contributed by atoms with E-state index in [1.54, 1.807) is 18.9 Å². The average Bonchev–Trinajstić information content (AvgIpc) is 2.43. The molecule has 4 heteroatoms. The van der Waals surface area contributed by atoms with Crippen LogP contribution in [0.3, 0.4) is 0 Å². The molecule has 100 valence electrons. The zero-order valence-corrected chi connectivity index (χ0v) is 13.3. The Morgan fingerprint density at radius 2 is 1.79 bits per heavy atom. The summed E-state index contributed by atoms with van der Waals surface area (Å²) in [7, 11) is 3.63. The first-order valence-electron chi connectivity index (χ1n) is 5.98.